The summed E-state index contributed by atoms with van der Waals surface area (Å²) in [7, 11) is 4.62. The number of rotatable bonds is 12. The van der Waals surface area contributed by atoms with Gasteiger partial charge in [-0.25, -0.2) is 43.9 Å². The van der Waals surface area contributed by atoms with Crippen molar-refractivity contribution in [2.24, 2.45) is 0 Å². The molecule has 0 aliphatic carbocycles. The van der Waals surface area contributed by atoms with Gasteiger partial charge in [-0.05, 0) is 98.5 Å². The van der Waals surface area contributed by atoms with Gasteiger partial charge in [0.05, 0.1) is 85.7 Å². The molecule has 0 saturated carbocycles. The molecule has 4 saturated heterocycles. The highest BCUT2D eigenvalue weighted by molar-refractivity contribution is 5.99. The number of hydrazine groups is 1. The van der Waals surface area contributed by atoms with Crippen molar-refractivity contribution >= 4 is 63.0 Å². The molecule has 81 heavy (non-hydrogen) atoms. The number of pyridine rings is 1. The molecule has 23 nitrogen and oxygen atoms in total. The second kappa shape index (κ2) is 23.5. The van der Waals surface area contributed by atoms with Gasteiger partial charge in [-0.1, -0.05) is 18.2 Å². The van der Waals surface area contributed by atoms with Gasteiger partial charge >= 0.3 is 12.1 Å². The summed E-state index contributed by atoms with van der Waals surface area (Å²) < 4.78 is 21.0. The van der Waals surface area contributed by atoms with Crippen molar-refractivity contribution in [1.82, 2.24) is 64.6 Å². The Bertz CT molecular complexity index is 3520. The number of morpholine rings is 2. The third-order valence-electron chi connectivity index (χ3n) is 15.7. The Balaban J connectivity index is 0.756. The Kier molecular flexibility index (Phi) is 15.3. The predicted octanol–water partition coefficient (Wildman–Crippen LogP) is 6.92. The van der Waals surface area contributed by atoms with Crippen molar-refractivity contribution in [3.05, 3.63) is 121 Å². The standard InChI is InChI=1S/C58H65N17O6/c1-59-57(77)75(45-17-13-40(14-18-45)51-65-53(71-30-34-81-35-31-71)48-37-62-74(55(48)67-51)44-21-26-72(27-22-44)56(76)46-9-4-5-10-49(46)79-3)68(2)58(78)63-41-15-11-39(12-16-41)50-64-52(70-28-32-80-33-29-70)47-36-61-73(54(47)66-50)43-19-24-69(25-20-43)38-42-8-6-7-23-60-42/h4-18,23,36-37,43-44H,19-22,24-35,38H2,1-3H3,(H,59,77)(H,63,78). The van der Waals surface area contributed by atoms with Gasteiger partial charge in [-0.3, -0.25) is 14.7 Å². The van der Waals surface area contributed by atoms with Gasteiger partial charge in [0.1, 0.15) is 17.4 Å². The van der Waals surface area contributed by atoms with Crippen molar-refractivity contribution in [3.63, 3.8) is 0 Å². The molecule has 12 rings (SSSR count). The number of fused-ring (bicyclic) bond motifs is 2. The number of carbonyl (C=O) groups is 3. The lowest BCUT2D eigenvalue weighted by Crippen LogP contribution is -2.52. The van der Waals surface area contributed by atoms with Crippen molar-refractivity contribution < 1.29 is 28.6 Å². The third kappa shape index (κ3) is 11.0. The van der Waals surface area contributed by atoms with Crippen LogP contribution in [-0.4, -0.2) is 177 Å². The first kappa shape index (κ1) is 52.9. The number of hydrogen-bond donors (Lipinski definition) is 2. The number of methoxy groups -OCH3 is 1. The van der Waals surface area contributed by atoms with Crippen LogP contribution in [-0.2, 0) is 16.0 Å². The highest BCUT2D eigenvalue weighted by Crippen LogP contribution is 2.36. The van der Waals surface area contributed by atoms with Gasteiger partial charge in [0, 0.05) is 96.0 Å². The maximum atomic E-state index is 14.1. The monoisotopic (exact) mass is 1100 g/mol. The molecule has 0 bridgehead atoms. The van der Waals surface area contributed by atoms with Crippen LogP contribution in [0.3, 0.4) is 0 Å². The SMILES string of the molecule is CNC(=O)N(c1ccc(-c2nc(N3CCOCC3)c3cnn(C4CCN(C(=O)c5ccccc5OC)CC4)c3n2)cc1)N(C)C(=O)Nc1ccc(-c2nc(N3CCOCC3)c3cnn(C4CCN(Cc5ccccn5)CC4)c3n2)cc1. The Morgan fingerprint density at radius 2 is 1.19 bits per heavy atom. The molecule has 4 fully saturated rings. The first-order valence-corrected chi connectivity index (χ1v) is 27.7. The smallest absolute Gasteiger partial charge is 0.340 e. The van der Waals surface area contributed by atoms with Crippen LogP contribution < -0.4 is 30.2 Å². The van der Waals surface area contributed by atoms with Gasteiger partial charge in [0.15, 0.2) is 22.9 Å². The molecular formula is C58H65N17O6. The molecule has 0 spiro atoms. The van der Waals surface area contributed by atoms with Crippen LogP contribution >= 0.6 is 0 Å². The summed E-state index contributed by atoms with van der Waals surface area (Å²) in [6.07, 6.45) is 8.80. The molecule has 418 valence electrons. The Labute approximate surface area is 468 Å². The first-order valence-electron chi connectivity index (χ1n) is 27.7. The van der Waals surface area contributed by atoms with Crippen LogP contribution in [0.15, 0.2) is 110 Å². The molecule has 8 aromatic rings. The zero-order valence-corrected chi connectivity index (χ0v) is 45.7. The lowest BCUT2D eigenvalue weighted by atomic mass is 10.0. The number of nitrogens with zero attached hydrogens (tertiary/aromatic N) is 15. The van der Waals surface area contributed by atoms with Crippen LogP contribution in [0.1, 0.15) is 53.8 Å². The molecule has 4 aliphatic heterocycles. The van der Waals surface area contributed by atoms with Crippen molar-refractivity contribution in [2.45, 2.75) is 44.3 Å². The number of amides is 5. The summed E-state index contributed by atoms with van der Waals surface area (Å²) in [5.74, 6) is 3.10. The number of para-hydroxylation sites is 1. The molecule has 9 heterocycles. The van der Waals surface area contributed by atoms with Gasteiger partial charge in [-0.15, -0.1) is 0 Å². The van der Waals surface area contributed by atoms with Crippen LogP contribution in [0.4, 0.5) is 32.6 Å². The second-order valence-corrected chi connectivity index (χ2v) is 20.6. The summed E-state index contributed by atoms with van der Waals surface area (Å²) in [5, 5.41) is 19.7. The van der Waals surface area contributed by atoms with E-state index in [2.05, 4.69) is 41.1 Å². The molecule has 0 radical (unpaired) electrons. The van der Waals surface area contributed by atoms with E-state index in [-0.39, 0.29) is 18.0 Å². The van der Waals surface area contributed by atoms with Gasteiger partial charge in [0.25, 0.3) is 5.91 Å². The van der Waals surface area contributed by atoms with E-state index in [4.69, 9.17) is 44.3 Å². The minimum Gasteiger partial charge on any atom is -0.496 e. The summed E-state index contributed by atoms with van der Waals surface area (Å²) in [6, 6.07) is 27.0. The molecular weight excluding hydrogens is 1030 g/mol. The zero-order valence-electron chi connectivity index (χ0n) is 45.7. The zero-order chi connectivity index (χ0) is 55.4. The molecule has 4 aliphatic rings. The fraction of sp³-hybridized carbons (Fsp3) is 0.379. The fourth-order valence-electron chi connectivity index (χ4n) is 11.3. The van der Waals surface area contributed by atoms with Gasteiger partial charge in [0.2, 0.25) is 0 Å². The van der Waals surface area contributed by atoms with E-state index in [1.165, 1.54) is 24.1 Å². The van der Waals surface area contributed by atoms with Gasteiger partial charge in [-0.2, -0.15) is 15.2 Å². The highest BCUT2D eigenvalue weighted by atomic mass is 16.5. The normalized spacial score (nSPS) is 16.7. The third-order valence-corrected chi connectivity index (χ3v) is 15.7. The van der Waals surface area contributed by atoms with E-state index >= 15 is 0 Å². The van der Waals surface area contributed by atoms with E-state index in [9.17, 15) is 14.4 Å². The minimum atomic E-state index is -0.551. The molecule has 0 unspecified atom stereocenters. The lowest BCUT2D eigenvalue weighted by Gasteiger charge is -2.32. The van der Waals surface area contributed by atoms with E-state index in [0.717, 1.165) is 71.8 Å². The fourth-order valence-corrected chi connectivity index (χ4v) is 11.3. The summed E-state index contributed by atoms with van der Waals surface area (Å²) in [5.41, 5.74) is 5.49. The summed E-state index contributed by atoms with van der Waals surface area (Å²) in [6.45, 7) is 8.80. The van der Waals surface area contributed by atoms with E-state index in [1.54, 1.807) is 43.5 Å². The number of hydrogen-bond acceptors (Lipinski definition) is 16. The average molecular weight is 1100 g/mol. The van der Waals surface area contributed by atoms with Crippen molar-refractivity contribution in [1.29, 1.82) is 0 Å². The molecule has 2 N–H and O–H groups in total. The Morgan fingerprint density at radius 1 is 0.642 bits per heavy atom. The van der Waals surface area contributed by atoms with Crippen LogP contribution in [0.2, 0.25) is 0 Å². The summed E-state index contributed by atoms with van der Waals surface area (Å²) >= 11 is 0. The largest absolute Gasteiger partial charge is 0.496 e. The molecule has 23 heteroatoms. The maximum Gasteiger partial charge on any atom is 0.340 e. The molecule has 3 aromatic carbocycles. The topological polar surface area (TPSA) is 222 Å². The van der Waals surface area contributed by atoms with Crippen LogP contribution in [0.25, 0.3) is 44.8 Å². The molecule has 5 amide bonds. The maximum absolute atomic E-state index is 14.1. The average Bonchev–Trinajstić information content (AvgIpc) is 4.40. The number of urea groups is 2. The first-order chi connectivity index (χ1) is 39.7. The number of anilines is 4. The summed E-state index contributed by atoms with van der Waals surface area (Å²) in [4.78, 5) is 75.2. The number of carbonyl (C=O) groups excluding carboxylic acids is 3. The lowest BCUT2D eigenvalue weighted by molar-refractivity contribution is 0.0688. The van der Waals surface area contributed by atoms with E-state index < -0.39 is 12.1 Å². The van der Waals surface area contributed by atoms with Gasteiger partial charge < -0.3 is 39.5 Å². The predicted molar refractivity (Wildman–Crippen MR) is 306 cm³/mol. The number of piperidine rings is 2. The molecule has 0 atom stereocenters. The van der Waals surface area contributed by atoms with Crippen LogP contribution in [0.5, 0.6) is 5.75 Å². The number of benzene rings is 3. The number of aromatic nitrogens is 9. The van der Waals surface area contributed by atoms with Crippen LogP contribution in [0, 0.1) is 0 Å². The number of nitrogens with one attached hydrogen (secondary N) is 2. The van der Waals surface area contributed by atoms with Crippen molar-refractivity contribution in [3.8, 4) is 28.5 Å². The minimum absolute atomic E-state index is 0.00906. The number of ether oxygens (including phenoxy) is 3. The van der Waals surface area contributed by atoms with E-state index in [0.29, 0.717) is 124 Å². The highest BCUT2D eigenvalue weighted by Gasteiger charge is 2.31. The molecule has 5 aromatic heterocycles. The Hall–Kier alpha value is -8.80. The number of likely N-dealkylation sites (tertiary alicyclic amines) is 2. The quantitative estimate of drug-likeness (QED) is 0.119. The second-order valence-electron chi connectivity index (χ2n) is 20.6. The van der Waals surface area contributed by atoms with Crippen molar-refractivity contribution in [2.75, 3.05) is 120 Å². The van der Waals surface area contributed by atoms with E-state index in [1.807, 2.05) is 76.7 Å². The Morgan fingerprint density at radius 3 is 1.73 bits per heavy atom.